The van der Waals surface area contributed by atoms with Gasteiger partial charge in [0.15, 0.2) is 0 Å². The molecule has 2 N–H and O–H groups in total. The average Bonchev–Trinajstić information content (AvgIpc) is 1.57. The Morgan fingerprint density at radius 1 is 0.917 bits per heavy atom. The minimum atomic E-state index is -5.02. The molecule has 0 saturated carbocycles. The van der Waals surface area contributed by atoms with Gasteiger partial charge >= 0.3 is 72.2 Å². The van der Waals surface area contributed by atoms with Crippen LogP contribution < -0.4 is 51.4 Å². The van der Waals surface area contributed by atoms with Gasteiger partial charge in [0.1, 0.15) is 0 Å². The molecule has 0 bridgehead atoms. The first-order valence-electron chi connectivity index (χ1n) is 1.53. The molecule has 0 spiro atoms. The Bertz CT molecular complexity index is 258. The van der Waals surface area contributed by atoms with E-state index in [-0.39, 0.29) is 76.8 Å². The van der Waals surface area contributed by atoms with Crippen LogP contribution in [0.1, 0.15) is 1.43 Å². The third kappa shape index (κ3) is 18.0. The molecule has 0 unspecified atom stereocenters. The molecule has 0 atom stereocenters. The molecule has 0 saturated heterocycles. The molecule has 72 valence electrons. The standard InChI is InChI=1S/HI.K.H2O8S2.H/c;;1-9(2,3)7-8-10(4,5)6;/h1H;;(H,1,2,3)(H,4,5,6);/q;+1;;-1. The van der Waals surface area contributed by atoms with Crippen LogP contribution in [-0.4, -0.2) is 25.9 Å². The molecule has 0 aliphatic carbocycles. The Balaban J connectivity index is -0.000000135. The third-order valence-electron chi connectivity index (χ3n) is 0.200. The Morgan fingerprint density at radius 2 is 1.08 bits per heavy atom. The van der Waals surface area contributed by atoms with E-state index in [0.29, 0.717) is 0 Å². The molecular formula is H4IKO8S2. The van der Waals surface area contributed by atoms with Gasteiger partial charge in [-0.25, -0.2) is 0 Å². The third-order valence-corrected chi connectivity index (χ3v) is 0.766. The molecule has 0 fully saturated rings. The van der Waals surface area contributed by atoms with Crippen molar-refractivity contribution in [2.24, 2.45) is 0 Å². The van der Waals surface area contributed by atoms with E-state index < -0.39 is 20.8 Å². The SMILES string of the molecule is I.O=S(=O)(O)OOS(=O)(=O)O.[H-].[K+]. The maximum absolute atomic E-state index is 9.51. The predicted octanol–water partition coefficient (Wildman–Crippen LogP) is -3.73. The van der Waals surface area contributed by atoms with Crippen molar-refractivity contribution in [3.8, 4) is 0 Å². The molecule has 8 nitrogen and oxygen atoms in total. The number of rotatable bonds is 3. The molecule has 0 radical (unpaired) electrons. The van der Waals surface area contributed by atoms with Gasteiger partial charge in [-0.05, 0) is 0 Å². The van der Waals surface area contributed by atoms with E-state index in [2.05, 4.69) is 8.67 Å². The van der Waals surface area contributed by atoms with E-state index in [1.165, 1.54) is 0 Å². The largest absolute Gasteiger partial charge is 1.00 e. The molecule has 12 heavy (non-hydrogen) atoms. The van der Waals surface area contributed by atoms with Crippen molar-refractivity contribution in [3.63, 3.8) is 0 Å². The van der Waals surface area contributed by atoms with E-state index in [1.54, 1.807) is 0 Å². The van der Waals surface area contributed by atoms with Crippen LogP contribution in [0.25, 0.3) is 0 Å². The zero-order valence-electron chi connectivity index (χ0n) is 6.57. The summed E-state index contributed by atoms with van der Waals surface area (Å²) in [5.74, 6) is 0. The number of hydrogen-bond donors (Lipinski definition) is 2. The van der Waals surface area contributed by atoms with Crippen LogP contribution in [0, 0.1) is 0 Å². The normalized spacial score (nSPS) is 11.2. The predicted molar refractivity (Wildman–Crippen MR) is 41.8 cm³/mol. The monoisotopic (exact) mass is 362 g/mol. The molecule has 0 aliphatic rings. The van der Waals surface area contributed by atoms with Crippen LogP contribution in [0.5, 0.6) is 0 Å². The minimum absolute atomic E-state index is 0. The summed E-state index contributed by atoms with van der Waals surface area (Å²) in [5, 5.41) is 0. The average molecular weight is 362 g/mol. The Hall–Kier alpha value is 2.11. The van der Waals surface area contributed by atoms with Crippen LogP contribution >= 0.6 is 24.0 Å². The van der Waals surface area contributed by atoms with Crippen LogP contribution in [-0.2, 0) is 29.5 Å². The van der Waals surface area contributed by atoms with Crippen LogP contribution in [0.2, 0.25) is 0 Å². The summed E-state index contributed by atoms with van der Waals surface area (Å²) in [6.45, 7) is 0. The molecular weight excluding hydrogens is 358 g/mol. The maximum atomic E-state index is 9.51. The van der Waals surface area contributed by atoms with Crippen molar-refractivity contribution in [2.75, 3.05) is 0 Å². The fourth-order valence-corrected chi connectivity index (χ4v) is 0.632. The van der Waals surface area contributed by atoms with Gasteiger partial charge in [0.05, 0.1) is 0 Å². The molecule has 0 amide bonds. The Kier molecular flexibility index (Phi) is 12.1. The van der Waals surface area contributed by atoms with Crippen molar-refractivity contribution in [2.45, 2.75) is 0 Å². The summed E-state index contributed by atoms with van der Waals surface area (Å²) in [4.78, 5) is 0. The summed E-state index contributed by atoms with van der Waals surface area (Å²) < 4.78 is 58.9. The van der Waals surface area contributed by atoms with Crippen LogP contribution in [0.15, 0.2) is 0 Å². The quantitative estimate of drug-likeness (QED) is 0.173. The Morgan fingerprint density at radius 3 is 1.17 bits per heavy atom. The van der Waals surface area contributed by atoms with Crippen molar-refractivity contribution in [1.82, 2.24) is 0 Å². The van der Waals surface area contributed by atoms with Crippen LogP contribution in [0.4, 0.5) is 0 Å². The molecule has 0 aromatic heterocycles. The van der Waals surface area contributed by atoms with Gasteiger partial charge in [-0.2, -0.15) is 16.8 Å². The molecule has 0 heterocycles. The van der Waals surface area contributed by atoms with Gasteiger partial charge in [0, 0.05) is 0 Å². The number of halogens is 1. The first-order chi connectivity index (χ1) is 4.21. The first kappa shape index (κ1) is 19.6. The summed E-state index contributed by atoms with van der Waals surface area (Å²) in [6.07, 6.45) is 0. The zero-order chi connectivity index (χ0) is 8.41. The second kappa shape index (κ2) is 7.40. The van der Waals surface area contributed by atoms with Gasteiger partial charge in [0.2, 0.25) is 0 Å². The second-order valence-corrected chi connectivity index (χ2v) is 2.97. The van der Waals surface area contributed by atoms with Crippen molar-refractivity contribution in [1.29, 1.82) is 0 Å². The fraction of sp³-hybridized carbons (Fsp3) is 0. The van der Waals surface area contributed by atoms with Gasteiger partial charge in [-0.1, -0.05) is 8.67 Å². The topological polar surface area (TPSA) is 127 Å². The first-order valence-corrected chi connectivity index (χ1v) is 4.26. The second-order valence-electron chi connectivity index (χ2n) is 0.992. The number of hydrogen-bond acceptors (Lipinski definition) is 6. The van der Waals surface area contributed by atoms with E-state index in [0.717, 1.165) is 0 Å². The summed E-state index contributed by atoms with van der Waals surface area (Å²) >= 11 is 0. The van der Waals surface area contributed by atoms with Gasteiger partial charge in [-0.3, -0.25) is 9.11 Å². The fourth-order valence-electron chi connectivity index (χ4n) is 0.0702. The van der Waals surface area contributed by atoms with Crippen molar-refractivity contribution >= 4 is 44.8 Å². The zero-order valence-corrected chi connectivity index (χ0v) is 12.7. The van der Waals surface area contributed by atoms with Crippen molar-refractivity contribution < 1.29 is 87.4 Å². The molecule has 0 aromatic rings. The Labute approximate surface area is 130 Å². The summed E-state index contributed by atoms with van der Waals surface area (Å²) in [7, 11) is -10.0. The van der Waals surface area contributed by atoms with E-state index in [9.17, 15) is 16.8 Å². The van der Waals surface area contributed by atoms with Gasteiger partial charge < -0.3 is 1.43 Å². The minimum Gasteiger partial charge on any atom is -1.00 e. The molecule has 0 rings (SSSR count). The molecule has 12 heteroatoms. The van der Waals surface area contributed by atoms with E-state index in [1.807, 2.05) is 0 Å². The van der Waals surface area contributed by atoms with Gasteiger partial charge in [0.25, 0.3) is 0 Å². The summed E-state index contributed by atoms with van der Waals surface area (Å²) in [5.41, 5.74) is 0. The van der Waals surface area contributed by atoms with Gasteiger partial charge in [-0.15, -0.1) is 24.0 Å². The van der Waals surface area contributed by atoms with Crippen LogP contribution in [0.3, 0.4) is 0 Å². The maximum Gasteiger partial charge on any atom is 1.00 e. The van der Waals surface area contributed by atoms with Crippen molar-refractivity contribution in [3.05, 3.63) is 0 Å². The smallest absolute Gasteiger partial charge is 1.00 e. The van der Waals surface area contributed by atoms with E-state index >= 15 is 0 Å². The molecule has 0 aliphatic heterocycles. The molecule has 0 aromatic carbocycles. The summed E-state index contributed by atoms with van der Waals surface area (Å²) in [6, 6.07) is 0. The van der Waals surface area contributed by atoms with E-state index in [4.69, 9.17) is 9.11 Å².